The van der Waals surface area contributed by atoms with Gasteiger partial charge in [0.2, 0.25) is 10.0 Å². The Morgan fingerprint density at radius 1 is 1.10 bits per heavy atom. The first-order valence-electron chi connectivity index (χ1n) is 10.6. The van der Waals surface area contributed by atoms with E-state index in [-0.39, 0.29) is 6.04 Å². The lowest BCUT2D eigenvalue weighted by Gasteiger charge is -2.32. The van der Waals surface area contributed by atoms with Gasteiger partial charge in [-0.05, 0) is 68.0 Å². The van der Waals surface area contributed by atoms with Crippen molar-refractivity contribution in [2.24, 2.45) is 0 Å². The Morgan fingerprint density at radius 2 is 1.90 bits per heavy atom. The van der Waals surface area contributed by atoms with Gasteiger partial charge in [0.25, 0.3) is 0 Å². The number of benzene rings is 2. The van der Waals surface area contributed by atoms with Crippen molar-refractivity contribution in [3.8, 4) is 0 Å². The summed E-state index contributed by atoms with van der Waals surface area (Å²) in [6, 6.07) is 13.7. The smallest absolute Gasteiger partial charge is 0.243 e. The van der Waals surface area contributed by atoms with E-state index in [4.69, 9.17) is 0 Å². The second-order valence-corrected chi connectivity index (χ2v) is 10.9. The Kier molecular flexibility index (Phi) is 6.32. The average Bonchev–Trinajstić information content (AvgIpc) is 3.25. The van der Waals surface area contributed by atoms with Gasteiger partial charge >= 0.3 is 0 Å². The van der Waals surface area contributed by atoms with Crippen molar-refractivity contribution >= 4 is 31.6 Å². The van der Waals surface area contributed by atoms with Crippen LogP contribution in [-0.2, 0) is 23.0 Å². The quantitative estimate of drug-likeness (QED) is 0.563. The van der Waals surface area contributed by atoms with Crippen molar-refractivity contribution in [3.63, 3.8) is 0 Å². The summed E-state index contributed by atoms with van der Waals surface area (Å²) < 4.78 is 29.7. The Balaban J connectivity index is 1.67. The van der Waals surface area contributed by atoms with Crippen LogP contribution >= 0.6 is 15.9 Å². The molecule has 0 atom stereocenters. The third kappa shape index (κ3) is 4.39. The first-order valence-corrected chi connectivity index (χ1v) is 12.9. The van der Waals surface area contributed by atoms with Crippen LogP contribution in [0.5, 0.6) is 0 Å². The van der Waals surface area contributed by atoms with Crippen molar-refractivity contribution < 1.29 is 8.42 Å². The van der Waals surface area contributed by atoms with E-state index in [0.717, 1.165) is 61.7 Å². The highest BCUT2D eigenvalue weighted by molar-refractivity contribution is 9.10. The maximum atomic E-state index is 13.6. The van der Waals surface area contributed by atoms with E-state index in [9.17, 15) is 8.42 Å². The zero-order chi connectivity index (χ0) is 20.4. The molecule has 2 aliphatic rings. The molecular weight excluding hydrogens is 448 g/mol. The maximum absolute atomic E-state index is 13.6. The normalized spacial score (nSPS) is 17.7. The fourth-order valence-corrected chi connectivity index (χ4v) is 6.97. The second-order valence-electron chi connectivity index (χ2n) is 8.09. The number of hydrogen-bond acceptors (Lipinski definition) is 3. The van der Waals surface area contributed by atoms with E-state index < -0.39 is 10.0 Å². The molecule has 4 nitrogen and oxygen atoms in total. The third-order valence-corrected chi connectivity index (χ3v) is 8.60. The molecule has 0 spiro atoms. The standard InChI is InChI=1S/C23H29BrN2O2S/c1-2-25-14-6-7-19-15-18(12-13-23(19)25)17-26(21-9-3-4-10-21)29(27,28)22-11-5-8-20(24)16-22/h5,8,11-13,15-16,21H,2-4,6-7,9-10,14,17H2,1H3. The van der Waals surface area contributed by atoms with Crippen LogP contribution in [0.3, 0.4) is 0 Å². The van der Waals surface area contributed by atoms with Gasteiger partial charge in [0.15, 0.2) is 0 Å². The zero-order valence-corrected chi connectivity index (χ0v) is 19.4. The van der Waals surface area contributed by atoms with E-state index in [1.54, 1.807) is 22.5 Å². The molecule has 29 heavy (non-hydrogen) atoms. The van der Waals surface area contributed by atoms with Crippen LogP contribution in [0, 0.1) is 0 Å². The third-order valence-electron chi connectivity index (χ3n) is 6.21. The van der Waals surface area contributed by atoms with Crippen LogP contribution in [-0.4, -0.2) is 31.9 Å². The van der Waals surface area contributed by atoms with Gasteiger partial charge in [0.1, 0.15) is 0 Å². The predicted octanol–water partition coefficient (Wildman–Crippen LogP) is 5.36. The summed E-state index contributed by atoms with van der Waals surface area (Å²) in [6.45, 7) is 4.75. The fourth-order valence-electron chi connectivity index (χ4n) is 4.70. The molecule has 0 N–H and O–H groups in total. The monoisotopic (exact) mass is 476 g/mol. The highest BCUT2D eigenvalue weighted by atomic mass is 79.9. The van der Waals surface area contributed by atoms with Crippen molar-refractivity contribution in [2.75, 3.05) is 18.0 Å². The van der Waals surface area contributed by atoms with E-state index >= 15 is 0 Å². The lowest BCUT2D eigenvalue weighted by molar-refractivity contribution is 0.316. The molecule has 1 aliphatic carbocycles. The molecule has 1 aliphatic heterocycles. The van der Waals surface area contributed by atoms with Crippen LogP contribution in [0.25, 0.3) is 0 Å². The van der Waals surface area contributed by atoms with Gasteiger partial charge in [-0.1, -0.05) is 47.0 Å². The number of nitrogens with zero attached hydrogens (tertiary/aromatic N) is 2. The van der Waals surface area contributed by atoms with Gasteiger partial charge in [0, 0.05) is 35.8 Å². The summed E-state index contributed by atoms with van der Waals surface area (Å²) in [7, 11) is -3.55. The Morgan fingerprint density at radius 3 is 2.62 bits per heavy atom. The van der Waals surface area contributed by atoms with Crippen LogP contribution in [0.15, 0.2) is 51.8 Å². The molecule has 0 radical (unpaired) electrons. The molecule has 1 fully saturated rings. The molecule has 0 amide bonds. The molecule has 156 valence electrons. The molecule has 1 saturated carbocycles. The number of halogens is 1. The summed E-state index contributed by atoms with van der Waals surface area (Å²) in [4.78, 5) is 2.78. The lowest BCUT2D eigenvalue weighted by Crippen LogP contribution is -2.38. The fraction of sp³-hybridized carbons (Fsp3) is 0.478. The van der Waals surface area contributed by atoms with Crippen molar-refractivity contribution in [2.45, 2.75) is 62.9 Å². The largest absolute Gasteiger partial charge is 0.372 e. The highest BCUT2D eigenvalue weighted by Crippen LogP contribution is 2.33. The van der Waals surface area contributed by atoms with Gasteiger partial charge < -0.3 is 4.90 Å². The molecular formula is C23H29BrN2O2S. The number of fused-ring (bicyclic) bond motifs is 1. The van der Waals surface area contributed by atoms with Crippen LogP contribution in [0.1, 0.15) is 50.2 Å². The molecule has 0 bridgehead atoms. The molecule has 4 rings (SSSR count). The Bertz CT molecular complexity index is 971. The highest BCUT2D eigenvalue weighted by Gasteiger charge is 2.33. The molecule has 0 saturated heterocycles. The SMILES string of the molecule is CCN1CCCc2cc(CN(C3CCCC3)S(=O)(=O)c3cccc(Br)c3)ccc21. The maximum Gasteiger partial charge on any atom is 0.243 e. The van der Waals surface area contributed by atoms with Gasteiger partial charge in [0.05, 0.1) is 4.90 Å². The van der Waals surface area contributed by atoms with Gasteiger partial charge in [-0.25, -0.2) is 8.42 Å². The Labute approximate surface area is 183 Å². The first-order chi connectivity index (χ1) is 14.0. The van der Waals surface area contributed by atoms with Crippen LogP contribution < -0.4 is 4.90 Å². The summed E-state index contributed by atoms with van der Waals surface area (Å²) in [5.41, 5.74) is 3.75. The summed E-state index contributed by atoms with van der Waals surface area (Å²) >= 11 is 3.42. The second kappa shape index (κ2) is 8.78. The summed E-state index contributed by atoms with van der Waals surface area (Å²) in [5.74, 6) is 0. The van der Waals surface area contributed by atoms with Gasteiger partial charge in [-0.2, -0.15) is 4.31 Å². The molecule has 6 heteroatoms. The van der Waals surface area contributed by atoms with E-state index in [1.165, 1.54) is 11.3 Å². The van der Waals surface area contributed by atoms with Crippen molar-refractivity contribution in [3.05, 3.63) is 58.1 Å². The Hall–Kier alpha value is -1.37. The molecule has 1 heterocycles. The van der Waals surface area contributed by atoms with E-state index in [2.05, 4.69) is 46.0 Å². The van der Waals surface area contributed by atoms with Crippen molar-refractivity contribution in [1.29, 1.82) is 0 Å². The predicted molar refractivity (Wildman–Crippen MR) is 122 cm³/mol. The van der Waals surface area contributed by atoms with Crippen molar-refractivity contribution in [1.82, 2.24) is 4.31 Å². The van der Waals surface area contributed by atoms with E-state index in [1.807, 2.05) is 6.07 Å². The molecule has 0 unspecified atom stereocenters. The topological polar surface area (TPSA) is 40.6 Å². The first kappa shape index (κ1) is 20.9. The molecule has 2 aromatic carbocycles. The minimum absolute atomic E-state index is 0.0853. The zero-order valence-electron chi connectivity index (χ0n) is 17.0. The number of sulfonamides is 1. The van der Waals surface area contributed by atoms with Gasteiger partial charge in [-0.15, -0.1) is 0 Å². The molecule has 0 aromatic heterocycles. The van der Waals surface area contributed by atoms with Crippen LogP contribution in [0.2, 0.25) is 0 Å². The van der Waals surface area contributed by atoms with Gasteiger partial charge in [-0.3, -0.25) is 0 Å². The van der Waals surface area contributed by atoms with E-state index in [0.29, 0.717) is 11.4 Å². The summed E-state index contributed by atoms with van der Waals surface area (Å²) in [6.07, 6.45) is 6.33. The summed E-state index contributed by atoms with van der Waals surface area (Å²) in [5, 5.41) is 0. The minimum Gasteiger partial charge on any atom is -0.372 e. The molecule has 2 aromatic rings. The number of rotatable bonds is 6. The minimum atomic E-state index is -3.55. The number of aryl methyl sites for hydroxylation is 1. The number of anilines is 1. The lowest BCUT2D eigenvalue weighted by atomic mass is 9.99. The average molecular weight is 477 g/mol. The van der Waals surface area contributed by atoms with Crippen LogP contribution in [0.4, 0.5) is 5.69 Å². The number of hydrogen-bond donors (Lipinski definition) is 0.